The lowest BCUT2D eigenvalue weighted by Crippen LogP contribution is -2.03. The standard InChI is InChI=1S/C16H16N4/c1-11-9-14(20-16(17-2)18-11)10-13-8-7-12-5-3-4-6-15(12)19-13/h3-9H,10H2,1-2H3,(H,17,18,20). The van der Waals surface area contributed by atoms with Gasteiger partial charge in [-0.3, -0.25) is 4.98 Å². The van der Waals surface area contributed by atoms with Crippen molar-refractivity contribution < 1.29 is 0 Å². The highest BCUT2D eigenvalue weighted by Gasteiger charge is 2.04. The van der Waals surface area contributed by atoms with Gasteiger partial charge in [0, 0.05) is 30.2 Å². The maximum atomic E-state index is 4.67. The second kappa shape index (κ2) is 5.25. The Kier molecular flexibility index (Phi) is 3.29. The van der Waals surface area contributed by atoms with Crippen molar-refractivity contribution in [3.8, 4) is 0 Å². The molecule has 3 rings (SSSR count). The first kappa shape index (κ1) is 12.5. The van der Waals surface area contributed by atoms with E-state index in [0.717, 1.165) is 28.0 Å². The molecule has 3 aromatic rings. The molecule has 4 nitrogen and oxygen atoms in total. The van der Waals surface area contributed by atoms with Crippen LogP contribution in [-0.2, 0) is 6.42 Å². The highest BCUT2D eigenvalue weighted by Crippen LogP contribution is 2.14. The fraction of sp³-hybridized carbons (Fsp3) is 0.188. The van der Waals surface area contributed by atoms with E-state index in [-0.39, 0.29) is 0 Å². The molecule has 4 heteroatoms. The van der Waals surface area contributed by atoms with Crippen molar-refractivity contribution in [2.45, 2.75) is 13.3 Å². The predicted molar refractivity (Wildman–Crippen MR) is 80.9 cm³/mol. The van der Waals surface area contributed by atoms with Gasteiger partial charge in [-0.05, 0) is 25.1 Å². The molecule has 0 saturated heterocycles. The van der Waals surface area contributed by atoms with E-state index in [1.54, 1.807) is 0 Å². The second-order valence-corrected chi connectivity index (χ2v) is 4.75. The highest BCUT2D eigenvalue weighted by molar-refractivity contribution is 5.78. The maximum absolute atomic E-state index is 4.67. The lowest BCUT2D eigenvalue weighted by Gasteiger charge is -2.06. The summed E-state index contributed by atoms with van der Waals surface area (Å²) in [6.45, 7) is 1.97. The molecule has 0 aliphatic rings. The van der Waals surface area contributed by atoms with E-state index in [2.05, 4.69) is 38.5 Å². The Labute approximate surface area is 117 Å². The van der Waals surface area contributed by atoms with Crippen molar-refractivity contribution in [3.05, 3.63) is 59.5 Å². The summed E-state index contributed by atoms with van der Waals surface area (Å²) < 4.78 is 0. The van der Waals surface area contributed by atoms with Gasteiger partial charge < -0.3 is 5.32 Å². The van der Waals surface area contributed by atoms with Gasteiger partial charge in [-0.15, -0.1) is 0 Å². The summed E-state index contributed by atoms with van der Waals surface area (Å²) in [5, 5.41) is 4.14. The van der Waals surface area contributed by atoms with Crippen molar-refractivity contribution in [3.63, 3.8) is 0 Å². The Hall–Kier alpha value is -2.49. The van der Waals surface area contributed by atoms with Crippen LogP contribution in [0.3, 0.4) is 0 Å². The van der Waals surface area contributed by atoms with Crippen LogP contribution in [0.1, 0.15) is 17.1 Å². The Bertz CT molecular complexity index is 752. The normalized spacial score (nSPS) is 10.7. The van der Waals surface area contributed by atoms with Crippen molar-refractivity contribution >= 4 is 16.9 Å². The Morgan fingerprint density at radius 2 is 1.80 bits per heavy atom. The van der Waals surface area contributed by atoms with Crippen molar-refractivity contribution in [2.75, 3.05) is 12.4 Å². The molecule has 0 spiro atoms. The molecule has 0 aliphatic carbocycles. The fourth-order valence-corrected chi connectivity index (χ4v) is 2.23. The lowest BCUT2D eigenvalue weighted by molar-refractivity contribution is 0.977. The number of aromatic nitrogens is 3. The zero-order valence-electron chi connectivity index (χ0n) is 11.6. The molecule has 1 N–H and O–H groups in total. The van der Waals surface area contributed by atoms with Gasteiger partial charge in [0.05, 0.1) is 11.2 Å². The minimum Gasteiger partial charge on any atom is -0.357 e. The number of nitrogens with one attached hydrogen (secondary N) is 1. The summed E-state index contributed by atoms with van der Waals surface area (Å²) in [5.41, 5.74) is 3.97. The summed E-state index contributed by atoms with van der Waals surface area (Å²) in [6, 6.07) is 14.3. The van der Waals surface area contributed by atoms with E-state index in [4.69, 9.17) is 0 Å². The topological polar surface area (TPSA) is 50.7 Å². The molecule has 0 saturated carbocycles. The monoisotopic (exact) mass is 264 g/mol. The van der Waals surface area contributed by atoms with Gasteiger partial charge in [-0.25, -0.2) is 9.97 Å². The van der Waals surface area contributed by atoms with Gasteiger partial charge >= 0.3 is 0 Å². The molecule has 0 bridgehead atoms. The number of anilines is 1. The number of rotatable bonds is 3. The number of fused-ring (bicyclic) bond motifs is 1. The number of para-hydroxylation sites is 1. The SMILES string of the molecule is CNc1nc(C)cc(Cc2ccc3ccccc3n2)n1. The molecule has 1 aromatic carbocycles. The molecular weight excluding hydrogens is 248 g/mol. The zero-order valence-corrected chi connectivity index (χ0v) is 11.6. The number of pyridine rings is 1. The van der Waals surface area contributed by atoms with Crippen molar-refractivity contribution in [1.82, 2.24) is 15.0 Å². The van der Waals surface area contributed by atoms with Crippen molar-refractivity contribution in [2.24, 2.45) is 0 Å². The van der Waals surface area contributed by atoms with Gasteiger partial charge in [0.1, 0.15) is 0 Å². The van der Waals surface area contributed by atoms with Crippen LogP contribution < -0.4 is 5.32 Å². The van der Waals surface area contributed by atoms with E-state index < -0.39 is 0 Å². The van der Waals surface area contributed by atoms with E-state index in [9.17, 15) is 0 Å². The molecule has 0 fully saturated rings. The molecule has 2 aromatic heterocycles. The third-order valence-electron chi connectivity index (χ3n) is 3.15. The molecular formula is C16H16N4. The van der Waals surface area contributed by atoms with Crippen LogP contribution in [0.2, 0.25) is 0 Å². The Morgan fingerprint density at radius 1 is 0.950 bits per heavy atom. The highest BCUT2D eigenvalue weighted by atomic mass is 15.1. The molecule has 0 amide bonds. The van der Waals surface area contributed by atoms with E-state index in [0.29, 0.717) is 12.4 Å². The third kappa shape index (κ3) is 2.59. The molecule has 0 unspecified atom stereocenters. The zero-order chi connectivity index (χ0) is 13.9. The van der Waals surface area contributed by atoms with Crippen LogP contribution in [0.5, 0.6) is 0 Å². The molecule has 0 atom stereocenters. The van der Waals surface area contributed by atoms with Crippen LogP contribution >= 0.6 is 0 Å². The van der Waals surface area contributed by atoms with Crippen molar-refractivity contribution in [1.29, 1.82) is 0 Å². The molecule has 0 radical (unpaired) electrons. The first-order chi connectivity index (χ1) is 9.74. The summed E-state index contributed by atoms with van der Waals surface area (Å²) in [6.07, 6.45) is 0.711. The largest absolute Gasteiger partial charge is 0.357 e. The smallest absolute Gasteiger partial charge is 0.222 e. The van der Waals surface area contributed by atoms with Gasteiger partial charge in [-0.2, -0.15) is 0 Å². The number of hydrogen-bond acceptors (Lipinski definition) is 4. The molecule has 20 heavy (non-hydrogen) atoms. The quantitative estimate of drug-likeness (QED) is 0.790. The number of nitrogens with zero attached hydrogens (tertiary/aromatic N) is 3. The first-order valence-electron chi connectivity index (χ1n) is 6.61. The van der Waals surface area contributed by atoms with Crippen LogP contribution in [-0.4, -0.2) is 22.0 Å². The van der Waals surface area contributed by atoms with E-state index in [1.807, 2.05) is 38.2 Å². The van der Waals surface area contributed by atoms with Crippen LogP contribution in [0.15, 0.2) is 42.5 Å². The minimum absolute atomic E-state index is 0.654. The average molecular weight is 264 g/mol. The molecule has 2 heterocycles. The van der Waals surface area contributed by atoms with Crippen LogP contribution in [0, 0.1) is 6.92 Å². The fourth-order valence-electron chi connectivity index (χ4n) is 2.23. The van der Waals surface area contributed by atoms with Crippen LogP contribution in [0.25, 0.3) is 10.9 Å². The van der Waals surface area contributed by atoms with Gasteiger partial charge in [0.25, 0.3) is 0 Å². The number of benzene rings is 1. The summed E-state index contributed by atoms with van der Waals surface area (Å²) in [5.74, 6) is 0.654. The Morgan fingerprint density at radius 3 is 2.65 bits per heavy atom. The second-order valence-electron chi connectivity index (χ2n) is 4.75. The minimum atomic E-state index is 0.654. The van der Waals surface area contributed by atoms with Gasteiger partial charge in [0.2, 0.25) is 5.95 Å². The van der Waals surface area contributed by atoms with Gasteiger partial charge in [-0.1, -0.05) is 24.3 Å². The predicted octanol–water partition coefficient (Wildman–Crippen LogP) is 2.97. The Balaban J connectivity index is 1.94. The van der Waals surface area contributed by atoms with E-state index >= 15 is 0 Å². The van der Waals surface area contributed by atoms with Gasteiger partial charge in [0.15, 0.2) is 0 Å². The molecule has 0 aliphatic heterocycles. The summed E-state index contributed by atoms with van der Waals surface area (Å²) >= 11 is 0. The molecule has 100 valence electrons. The summed E-state index contributed by atoms with van der Waals surface area (Å²) in [4.78, 5) is 13.4. The van der Waals surface area contributed by atoms with E-state index in [1.165, 1.54) is 0 Å². The first-order valence-corrected chi connectivity index (χ1v) is 6.61. The average Bonchev–Trinajstić information content (AvgIpc) is 2.46. The van der Waals surface area contributed by atoms with Crippen LogP contribution in [0.4, 0.5) is 5.95 Å². The number of aryl methyl sites for hydroxylation is 1. The lowest BCUT2D eigenvalue weighted by atomic mass is 10.1. The summed E-state index contributed by atoms with van der Waals surface area (Å²) in [7, 11) is 1.83. The third-order valence-corrected chi connectivity index (χ3v) is 3.15. The number of hydrogen-bond donors (Lipinski definition) is 1. The maximum Gasteiger partial charge on any atom is 0.222 e.